The average molecular weight is 188 g/mol. The summed E-state index contributed by atoms with van der Waals surface area (Å²) in [6, 6.07) is 5.20. The van der Waals surface area contributed by atoms with Crippen molar-refractivity contribution in [3.8, 4) is 0 Å². The van der Waals surface area contributed by atoms with Gasteiger partial charge in [0, 0.05) is 8.58 Å². The van der Waals surface area contributed by atoms with Gasteiger partial charge in [-0.25, -0.2) is 0 Å². The molecule has 0 atom stereocenters. The van der Waals surface area contributed by atoms with Gasteiger partial charge in [-0.2, -0.15) is 0 Å². The molecule has 0 saturated carbocycles. The predicted octanol–water partition coefficient (Wildman–Crippen LogP) is 3.07. The van der Waals surface area contributed by atoms with Crippen molar-refractivity contribution >= 4 is 15.9 Å². The van der Waals surface area contributed by atoms with Crippen LogP contribution in [0.25, 0.3) is 0 Å². The Morgan fingerprint density at radius 3 is 2.89 bits per heavy atom. The SMILES string of the molecule is [2H]C([2H])([2H])c1cccc(Br)c1C. The predicted molar refractivity (Wildman–Crippen MR) is 43.6 cm³/mol. The van der Waals surface area contributed by atoms with Crippen LogP contribution in [-0.4, -0.2) is 0 Å². The van der Waals surface area contributed by atoms with E-state index in [1.54, 1.807) is 19.1 Å². The molecule has 1 heteroatoms. The molecule has 0 N–H and O–H groups in total. The second-order valence-electron chi connectivity index (χ2n) is 1.91. The van der Waals surface area contributed by atoms with Crippen molar-refractivity contribution in [2.45, 2.75) is 13.8 Å². The Labute approximate surface area is 68.2 Å². The third-order valence-electron chi connectivity index (χ3n) is 1.27. The fourth-order valence-corrected chi connectivity index (χ4v) is 0.974. The summed E-state index contributed by atoms with van der Waals surface area (Å²) in [7, 11) is 0. The molecule has 0 fully saturated rings. The topological polar surface area (TPSA) is 0 Å². The van der Waals surface area contributed by atoms with Crippen LogP contribution >= 0.6 is 15.9 Å². The third-order valence-corrected chi connectivity index (χ3v) is 2.13. The Balaban J connectivity index is 3.26. The standard InChI is InChI=1S/C8H9Br/c1-6-4-3-5-8(9)7(6)2/h3-5H,1-2H3/i1D3. The molecule has 1 aromatic carbocycles. The molecule has 0 nitrogen and oxygen atoms in total. The molecule has 48 valence electrons. The monoisotopic (exact) mass is 187 g/mol. The molecule has 0 aliphatic heterocycles. The molecule has 0 heterocycles. The number of rotatable bonds is 0. The molecule has 9 heavy (non-hydrogen) atoms. The van der Waals surface area contributed by atoms with Crippen LogP contribution in [0.3, 0.4) is 0 Å². The van der Waals surface area contributed by atoms with E-state index in [0.717, 1.165) is 10.0 Å². The lowest BCUT2D eigenvalue weighted by Gasteiger charge is -1.99. The van der Waals surface area contributed by atoms with Gasteiger partial charge in [0.25, 0.3) is 0 Å². The van der Waals surface area contributed by atoms with E-state index in [-0.39, 0.29) is 0 Å². The lowest BCUT2D eigenvalue weighted by Crippen LogP contribution is -1.79. The molecule has 1 rings (SSSR count). The quantitative estimate of drug-likeness (QED) is 0.586. The zero-order valence-corrected chi connectivity index (χ0v) is 6.70. The molecule has 0 spiro atoms. The Hall–Kier alpha value is -0.300. The number of hydrogen-bond acceptors (Lipinski definition) is 0. The van der Waals surface area contributed by atoms with E-state index in [1.165, 1.54) is 0 Å². The minimum Gasteiger partial charge on any atom is -0.0609 e. The average Bonchev–Trinajstić information content (AvgIpc) is 1.92. The summed E-state index contributed by atoms with van der Waals surface area (Å²) in [6.45, 7) is -0.209. The molecule has 1 aromatic rings. The van der Waals surface area contributed by atoms with Crippen molar-refractivity contribution < 1.29 is 4.11 Å². The molecule has 0 amide bonds. The minimum atomic E-state index is -2.01. The molecular weight excluding hydrogens is 176 g/mol. The van der Waals surface area contributed by atoms with E-state index < -0.39 is 6.85 Å². The highest BCUT2D eigenvalue weighted by molar-refractivity contribution is 9.10. The van der Waals surface area contributed by atoms with Gasteiger partial charge in [-0.15, -0.1) is 0 Å². The molecular formula is C8H9Br. The van der Waals surface area contributed by atoms with E-state index in [0.29, 0.717) is 5.56 Å². The summed E-state index contributed by atoms with van der Waals surface area (Å²) in [5.74, 6) is 0. The van der Waals surface area contributed by atoms with Gasteiger partial charge in [-0.3, -0.25) is 0 Å². The van der Waals surface area contributed by atoms with E-state index in [1.807, 2.05) is 6.07 Å². The van der Waals surface area contributed by atoms with Crippen molar-refractivity contribution in [3.05, 3.63) is 33.8 Å². The second kappa shape index (κ2) is 2.53. The van der Waals surface area contributed by atoms with Crippen molar-refractivity contribution in [3.63, 3.8) is 0 Å². The smallest absolute Gasteiger partial charge is 0.0280 e. The summed E-state index contributed by atoms with van der Waals surface area (Å²) >= 11 is 3.29. The number of benzene rings is 1. The highest BCUT2D eigenvalue weighted by atomic mass is 79.9. The first-order chi connectivity index (χ1) is 5.43. The van der Waals surface area contributed by atoms with E-state index in [2.05, 4.69) is 15.9 Å². The number of hydrogen-bond donors (Lipinski definition) is 0. The van der Waals surface area contributed by atoms with Crippen molar-refractivity contribution in [2.75, 3.05) is 0 Å². The Morgan fingerprint density at radius 2 is 2.33 bits per heavy atom. The maximum Gasteiger partial charge on any atom is 0.0280 e. The summed E-state index contributed by atoms with van der Waals surface area (Å²) in [6.07, 6.45) is 0. The zero-order valence-electron chi connectivity index (χ0n) is 8.11. The third kappa shape index (κ3) is 1.33. The normalized spacial score (nSPS) is 16.0. The molecule has 0 radical (unpaired) electrons. The van der Waals surface area contributed by atoms with Crippen LogP contribution in [0.5, 0.6) is 0 Å². The van der Waals surface area contributed by atoms with Gasteiger partial charge in [-0.1, -0.05) is 28.1 Å². The first-order valence-electron chi connectivity index (χ1n) is 4.18. The second-order valence-corrected chi connectivity index (χ2v) is 2.77. The highest BCUT2D eigenvalue weighted by Crippen LogP contribution is 2.17. The summed E-state index contributed by atoms with van der Waals surface area (Å²) in [4.78, 5) is 0. The Bertz CT molecular complexity index is 291. The first kappa shape index (κ1) is 3.77. The molecule has 0 aliphatic rings. The lowest BCUT2D eigenvalue weighted by molar-refractivity contribution is 1.32. The van der Waals surface area contributed by atoms with Crippen molar-refractivity contribution in [2.24, 2.45) is 0 Å². The van der Waals surface area contributed by atoms with Gasteiger partial charge < -0.3 is 0 Å². The van der Waals surface area contributed by atoms with Crippen LogP contribution in [0, 0.1) is 13.8 Å². The van der Waals surface area contributed by atoms with Crippen LogP contribution in [0.4, 0.5) is 0 Å². The first-order valence-corrected chi connectivity index (χ1v) is 3.48. The van der Waals surface area contributed by atoms with Gasteiger partial charge in [0.2, 0.25) is 0 Å². The maximum atomic E-state index is 7.22. The van der Waals surface area contributed by atoms with Crippen LogP contribution in [0.1, 0.15) is 15.2 Å². The summed E-state index contributed by atoms with van der Waals surface area (Å²) in [5.41, 5.74) is 1.20. The largest absolute Gasteiger partial charge is 0.0609 e. The summed E-state index contributed by atoms with van der Waals surface area (Å²) in [5, 5.41) is 0. The van der Waals surface area contributed by atoms with Crippen LogP contribution in [-0.2, 0) is 0 Å². The van der Waals surface area contributed by atoms with Crippen molar-refractivity contribution in [1.82, 2.24) is 0 Å². The Morgan fingerprint density at radius 1 is 1.56 bits per heavy atom. The van der Waals surface area contributed by atoms with Gasteiger partial charge in [-0.05, 0) is 31.0 Å². The van der Waals surface area contributed by atoms with Crippen LogP contribution in [0.2, 0.25) is 0 Å². The van der Waals surface area contributed by atoms with Crippen LogP contribution in [0.15, 0.2) is 22.7 Å². The Kier molecular flexibility index (Phi) is 1.06. The van der Waals surface area contributed by atoms with E-state index in [4.69, 9.17) is 4.11 Å². The van der Waals surface area contributed by atoms with Crippen LogP contribution < -0.4 is 0 Å². The molecule has 0 aliphatic carbocycles. The van der Waals surface area contributed by atoms with Gasteiger partial charge >= 0.3 is 0 Å². The fraction of sp³-hybridized carbons (Fsp3) is 0.250. The maximum absolute atomic E-state index is 7.22. The van der Waals surface area contributed by atoms with Gasteiger partial charge in [0.05, 0.1) is 0 Å². The minimum absolute atomic E-state index is 0.414. The lowest BCUT2D eigenvalue weighted by atomic mass is 10.1. The molecule has 0 aromatic heterocycles. The van der Waals surface area contributed by atoms with E-state index in [9.17, 15) is 0 Å². The molecule has 0 unspecified atom stereocenters. The number of aryl methyl sites for hydroxylation is 1. The van der Waals surface area contributed by atoms with Gasteiger partial charge in [0.1, 0.15) is 0 Å². The zero-order chi connectivity index (χ0) is 9.35. The van der Waals surface area contributed by atoms with Crippen molar-refractivity contribution in [1.29, 1.82) is 0 Å². The summed E-state index contributed by atoms with van der Waals surface area (Å²) < 4.78 is 22.5. The van der Waals surface area contributed by atoms with Gasteiger partial charge in [0.15, 0.2) is 0 Å². The number of halogens is 1. The molecule has 0 bridgehead atoms. The van der Waals surface area contributed by atoms with E-state index >= 15 is 0 Å². The highest BCUT2D eigenvalue weighted by Gasteiger charge is 1.93. The fourth-order valence-electron chi connectivity index (χ4n) is 0.607. The molecule has 0 saturated heterocycles.